The van der Waals surface area contributed by atoms with Gasteiger partial charge in [0.05, 0.1) is 6.61 Å². The topological polar surface area (TPSA) is 152 Å². The van der Waals surface area contributed by atoms with E-state index in [9.17, 15) is 4.79 Å². The van der Waals surface area contributed by atoms with Crippen LogP contribution in [0.5, 0.6) is 0 Å². The van der Waals surface area contributed by atoms with Crippen LogP contribution in [0.4, 0.5) is 0 Å². The third kappa shape index (κ3) is 7.15. The van der Waals surface area contributed by atoms with Crippen LogP contribution in [0.1, 0.15) is 0 Å². The molecule has 0 saturated heterocycles. The summed E-state index contributed by atoms with van der Waals surface area (Å²) in [4.78, 5) is 27.5. The van der Waals surface area contributed by atoms with Crippen LogP contribution in [0.3, 0.4) is 0 Å². The van der Waals surface area contributed by atoms with Crippen LogP contribution >= 0.6 is 0 Å². The number of hydrogen-bond donors (Lipinski definition) is 5. The number of aliphatic hydroxyl groups is 5. The molecule has 0 aromatic rings. The summed E-state index contributed by atoms with van der Waals surface area (Å²) >= 11 is 0. The van der Waals surface area contributed by atoms with Crippen molar-refractivity contribution in [3.05, 3.63) is 0 Å². The Morgan fingerprint density at radius 3 is 1.56 bits per heavy atom. The summed E-state index contributed by atoms with van der Waals surface area (Å²) in [5, 5.41) is 43.5. The van der Waals surface area contributed by atoms with Crippen molar-refractivity contribution in [3.63, 3.8) is 0 Å². The SMILES string of the molecule is O=CC=O.O=C[C@H](O)[C@@H](O)[C@H](O)[C@H](O)CO. The van der Waals surface area contributed by atoms with E-state index in [1.54, 1.807) is 0 Å². The Balaban J connectivity index is 0. The van der Waals surface area contributed by atoms with Crippen molar-refractivity contribution in [1.82, 2.24) is 0 Å². The molecule has 0 aliphatic heterocycles. The molecule has 0 spiro atoms. The van der Waals surface area contributed by atoms with Gasteiger partial charge in [-0.05, 0) is 0 Å². The van der Waals surface area contributed by atoms with Crippen LogP contribution in [0.15, 0.2) is 0 Å². The van der Waals surface area contributed by atoms with E-state index in [2.05, 4.69) is 0 Å². The summed E-state index contributed by atoms with van der Waals surface area (Å²) in [5.41, 5.74) is 0. The Morgan fingerprint density at radius 2 is 1.31 bits per heavy atom. The average Bonchev–Trinajstić information content (AvgIpc) is 2.34. The van der Waals surface area contributed by atoms with E-state index in [1.165, 1.54) is 0 Å². The van der Waals surface area contributed by atoms with Crippen molar-refractivity contribution in [2.75, 3.05) is 6.61 Å². The number of aliphatic hydroxyl groups excluding tert-OH is 5. The summed E-state index contributed by atoms with van der Waals surface area (Å²) in [6, 6.07) is 0. The molecule has 0 aromatic heterocycles. The average molecular weight is 238 g/mol. The molecular weight excluding hydrogens is 224 g/mol. The highest BCUT2D eigenvalue weighted by Gasteiger charge is 2.29. The first-order valence-corrected chi connectivity index (χ1v) is 4.13. The van der Waals surface area contributed by atoms with Crippen LogP contribution in [0.25, 0.3) is 0 Å². The van der Waals surface area contributed by atoms with Crippen molar-refractivity contribution in [2.45, 2.75) is 24.4 Å². The van der Waals surface area contributed by atoms with E-state index in [4.69, 9.17) is 35.1 Å². The first-order valence-electron chi connectivity index (χ1n) is 4.13. The second kappa shape index (κ2) is 10.3. The lowest BCUT2D eigenvalue weighted by molar-refractivity contribution is -0.136. The van der Waals surface area contributed by atoms with Gasteiger partial charge in [0, 0.05) is 0 Å². The van der Waals surface area contributed by atoms with E-state index in [0.29, 0.717) is 0 Å². The summed E-state index contributed by atoms with van der Waals surface area (Å²) < 4.78 is 0. The molecule has 0 amide bonds. The Bertz CT molecular complexity index is 200. The van der Waals surface area contributed by atoms with Crippen LogP contribution in [-0.2, 0) is 14.4 Å². The normalized spacial score (nSPS) is 17.1. The molecule has 5 N–H and O–H groups in total. The zero-order valence-corrected chi connectivity index (χ0v) is 8.21. The second-order valence-electron chi connectivity index (χ2n) is 2.63. The summed E-state index contributed by atoms with van der Waals surface area (Å²) in [6.07, 6.45) is -6.45. The van der Waals surface area contributed by atoms with Gasteiger partial charge in [-0.1, -0.05) is 0 Å². The molecule has 94 valence electrons. The molecule has 16 heavy (non-hydrogen) atoms. The molecule has 8 heteroatoms. The van der Waals surface area contributed by atoms with E-state index < -0.39 is 31.0 Å². The third-order valence-corrected chi connectivity index (χ3v) is 1.48. The van der Waals surface area contributed by atoms with Crippen molar-refractivity contribution in [2.24, 2.45) is 0 Å². The van der Waals surface area contributed by atoms with E-state index >= 15 is 0 Å². The first kappa shape index (κ1) is 17.2. The van der Waals surface area contributed by atoms with Gasteiger partial charge in [0.2, 0.25) is 0 Å². The predicted octanol–water partition coefficient (Wildman–Crippen LogP) is -3.99. The van der Waals surface area contributed by atoms with Gasteiger partial charge in [0.25, 0.3) is 0 Å². The maximum Gasteiger partial charge on any atom is 0.182 e. The van der Waals surface area contributed by atoms with Gasteiger partial charge in [-0.15, -0.1) is 0 Å². The molecule has 0 aromatic carbocycles. The summed E-state index contributed by atoms with van der Waals surface area (Å²) in [6.45, 7) is -0.760. The van der Waals surface area contributed by atoms with Gasteiger partial charge in [-0.25, -0.2) is 0 Å². The fraction of sp³-hybridized carbons (Fsp3) is 0.625. The molecule has 0 aliphatic carbocycles. The van der Waals surface area contributed by atoms with Gasteiger partial charge in [0.15, 0.2) is 18.9 Å². The number of rotatable bonds is 6. The van der Waals surface area contributed by atoms with Crippen LogP contribution in [-0.4, -0.2) is 75.4 Å². The molecule has 0 rings (SSSR count). The lowest BCUT2D eigenvalue weighted by Crippen LogP contribution is -2.46. The van der Waals surface area contributed by atoms with Crippen molar-refractivity contribution >= 4 is 18.9 Å². The Hall–Kier alpha value is -1.19. The zero-order chi connectivity index (χ0) is 13.1. The molecule has 0 saturated carbocycles. The fourth-order valence-corrected chi connectivity index (χ4v) is 0.618. The molecule has 0 fully saturated rings. The van der Waals surface area contributed by atoms with E-state index in [-0.39, 0.29) is 18.9 Å². The van der Waals surface area contributed by atoms with Crippen molar-refractivity contribution < 1.29 is 39.9 Å². The molecular formula is C8H14O8. The number of aldehydes is 3. The molecule has 0 heterocycles. The number of carbonyl (C=O) groups is 3. The van der Waals surface area contributed by atoms with Gasteiger partial charge in [-0.2, -0.15) is 0 Å². The lowest BCUT2D eigenvalue weighted by atomic mass is 10.0. The summed E-state index contributed by atoms with van der Waals surface area (Å²) in [7, 11) is 0. The highest BCUT2D eigenvalue weighted by molar-refractivity contribution is 6.09. The largest absolute Gasteiger partial charge is 0.394 e. The van der Waals surface area contributed by atoms with E-state index in [0.717, 1.165) is 0 Å². The standard InChI is InChI=1S/C6H12O6.C2H2O2/c7-1-3(9)5(11)6(12)4(10)2-8;3-1-2-4/h1,3-6,8-12H,2H2;1-2H/t3-,4+,5+,6+;/m0./s1. The highest BCUT2D eigenvalue weighted by Crippen LogP contribution is 2.02. The molecule has 0 unspecified atom stereocenters. The lowest BCUT2D eigenvalue weighted by Gasteiger charge is -2.22. The van der Waals surface area contributed by atoms with Crippen molar-refractivity contribution in [3.8, 4) is 0 Å². The minimum Gasteiger partial charge on any atom is -0.394 e. The smallest absolute Gasteiger partial charge is 0.182 e. The molecule has 0 radical (unpaired) electrons. The molecule has 0 bridgehead atoms. The van der Waals surface area contributed by atoms with Gasteiger partial charge in [0.1, 0.15) is 24.4 Å². The minimum absolute atomic E-state index is 0.0258. The predicted molar refractivity (Wildman–Crippen MR) is 49.3 cm³/mol. The van der Waals surface area contributed by atoms with Crippen molar-refractivity contribution in [1.29, 1.82) is 0 Å². The highest BCUT2D eigenvalue weighted by atomic mass is 16.4. The van der Waals surface area contributed by atoms with E-state index in [1.807, 2.05) is 0 Å². The Morgan fingerprint density at radius 1 is 0.875 bits per heavy atom. The third-order valence-electron chi connectivity index (χ3n) is 1.48. The number of hydrogen-bond acceptors (Lipinski definition) is 8. The fourth-order valence-electron chi connectivity index (χ4n) is 0.618. The van der Waals surface area contributed by atoms with Crippen LogP contribution < -0.4 is 0 Å². The Labute approximate surface area is 90.8 Å². The molecule has 0 aliphatic rings. The second-order valence-corrected chi connectivity index (χ2v) is 2.63. The van der Waals surface area contributed by atoms with Gasteiger partial charge in [-0.3, -0.25) is 9.59 Å². The number of carbonyl (C=O) groups excluding carboxylic acids is 3. The monoisotopic (exact) mass is 238 g/mol. The minimum atomic E-state index is -1.79. The maximum atomic E-state index is 9.90. The van der Waals surface area contributed by atoms with Gasteiger partial charge < -0.3 is 30.3 Å². The first-order chi connectivity index (χ1) is 7.45. The Kier molecular flexibility index (Phi) is 11.1. The van der Waals surface area contributed by atoms with Crippen LogP contribution in [0, 0.1) is 0 Å². The molecule has 4 atom stereocenters. The summed E-state index contributed by atoms with van der Waals surface area (Å²) in [5.74, 6) is 0. The zero-order valence-electron chi connectivity index (χ0n) is 8.21. The maximum absolute atomic E-state index is 9.90. The van der Waals surface area contributed by atoms with Gasteiger partial charge >= 0.3 is 0 Å². The molecule has 8 nitrogen and oxygen atoms in total. The van der Waals surface area contributed by atoms with Crippen LogP contribution in [0.2, 0.25) is 0 Å². The quantitative estimate of drug-likeness (QED) is 0.232.